The van der Waals surface area contributed by atoms with Crippen LogP contribution in [0.4, 0.5) is 0 Å². The van der Waals surface area contributed by atoms with Crippen LogP contribution in [0.3, 0.4) is 0 Å². The molecule has 0 saturated heterocycles. The maximum absolute atomic E-state index is 5.81. The third-order valence-electron chi connectivity index (χ3n) is 3.90. The Kier molecular flexibility index (Phi) is 6.22. The zero-order valence-corrected chi connectivity index (χ0v) is 14.5. The lowest BCUT2D eigenvalue weighted by Gasteiger charge is -2.27. The Bertz CT molecular complexity index is 550. The van der Waals surface area contributed by atoms with Gasteiger partial charge in [0.15, 0.2) is 0 Å². The Hall–Kier alpha value is -0.900. The molecule has 1 atom stereocenters. The van der Waals surface area contributed by atoms with Gasteiger partial charge in [-0.15, -0.1) is 22.9 Å². The van der Waals surface area contributed by atoms with Gasteiger partial charge in [-0.25, -0.2) is 4.98 Å². The van der Waals surface area contributed by atoms with E-state index >= 15 is 0 Å². The average Bonchev–Trinajstić information content (AvgIpc) is 3.01. The monoisotopic (exact) mass is 322 g/mol. The van der Waals surface area contributed by atoms with Crippen LogP contribution in [0.2, 0.25) is 0 Å². The number of aromatic nitrogens is 1. The van der Waals surface area contributed by atoms with E-state index in [1.807, 2.05) is 5.38 Å². The molecule has 0 aliphatic rings. The summed E-state index contributed by atoms with van der Waals surface area (Å²) < 4.78 is 0. The molecule has 1 heterocycles. The number of alkyl halides is 1. The first-order valence-corrected chi connectivity index (χ1v) is 8.93. The molecule has 0 spiro atoms. The molecule has 4 heteroatoms. The quantitative estimate of drug-likeness (QED) is 0.654. The molecule has 1 unspecified atom stereocenters. The highest BCUT2D eigenvalue weighted by atomic mass is 35.5. The Balaban J connectivity index is 2.08. The summed E-state index contributed by atoms with van der Waals surface area (Å²) in [7, 11) is 0. The van der Waals surface area contributed by atoms with Gasteiger partial charge in [-0.2, -0.15) is 0 Å². The standard InChI is InChI=1S/C17H23ClN2S/c1-4-13(3)20(5-2)11-14-6-8-15(9-7-14)17-19-16(10-18)12-21-17/h6-9,12-13H,4-5,10-11H2,1-3H3. The topological polar surface area (TPSA) is 16.1 Å². The number of nitrogens with zero attached hydrogens (tertiary/aromatic N) is 2. The van der Waals surface area contributed by atoms with E-state index in [-0.39, 0.29) is 0 Å². The van der Waals surface area contributed by atoms with Gasteiger partial charge in [0.2, 0.25) is 0 Å². The minimum Gasteiger partial charge on any atom is -0.297 e. The molecular weight excluding hydrogens is 300 g/mol. The lowest BCUT2D eigenvalue weighted by molar-refractivity contribution is 0.206. The summed E-state index contributed by atoms with van der Waals surface area (Å²) in [4.78, 5) is 7.03. The molecule has 2 rings (SSSR count). The number of hydrogen-bond acceptors (Lipinski definition) is 3. The van der Waals surface area contributed by atoms with Gasteiger partial charge < -0.3 is 0 Å². The highest BCUT2D eigenvalue weighted by Crippen LogP contribution is 2.25. The van der Waals surface area contributed by atoms with Crippen molar-refractivity contribution in [1.82, 2.24) is 9.88 Å². The van der Waals surface area contributed by atoms with E-state index in [2.05, 4.69) is 54.9 Å². The Morgan fingerprint density at radius 1 is 1.24 bits per heavy atom. The Morgan fingerprint density at radius 3 is 2.48 bits per heavy atom. The molecule has 2 nitrogen and oxygen atoms in total. The predicted molar refractivity (Wildman–Crippen MR) is 92.9 cm³/mol. The van der Waals surface area contributed by atoms with Gasteiger partial charge in [0.25, 0.3) is 0 Å². The van der Waals surface area contributed by atoms with E-state index in [9.17, 15) is 0 Å². The summed E-state index contributed by atoms with van der Waals surface area (Å²) in [5.41, 5.74) is 3.48. The van der Waals surface area contributed by atoms with Gasteiger partial charge in [-0.1, -0.05) is 38.1 Å². The van der Waals surface area contributed by atoms with E-state index in [1.165, 1.54) is 17.5 Å². The second-order valence-corrected chi connectivity index (χ2v) is 6.42. The van der Waals surface area contributed by atoms with Gasteiger partial charge in [0.05, 0.1) is 11.6 Å². The fraction of sp³-hybridized carbons (Fsp3) is 0.471. The molecule has 2 aromatic rings. The van der Waals surface area contributed by atoms with Gasteiger partial charge >= 0.3 is 0 Å². The summed E-state index contributed by atoms with van der Waals surface area (Å²) >= 11 is 7.46. The number of thiazole rings is 1. The van der Waals surface area contributed by atoms with Gasteiger partial charge in [0, 0.05) is 23.5 Å². The third-order valence-corrected chi connectivity index (χ3v) is 5.11. The number of benzene rings is 1. The van der Waals surface area contributed by atoms with Crippen molar-refractivity contribution >= 4 is 22.9 Å². The van der Waals surface area contributed by atoms with Crippen molar-refractivity contribution in [3.8, 4) is 10.6 Å². The SMILES string of the molecule is CCC(C)N(CC)Cc1ccc(-c2nc(CCl)cs2)cc1. The Labute approximate surface area is 136 Å². The first-order valence-electron chi connectivity index (χ1n) is 7.51. The molecule has 21 heavy (non-hydrogen) atoms. The molecule has 0 bridgehead atoms. The molecule has 1 aromatic heterocycles. The molecule has 0 aliphatic carbocycles. The summed E-state index contributed by atoms with van der Waals surface area (Å²) in [5, 5.41) is 3.07. The van der Waals surface area contributed by atoms with Crippen LogP contribution in [0, 0.1) is 0 Å². The molecule has 0 aliphatic heterocycles. The van der Waals surface area contributed by atoms with Crippen LogP contribution >= 0.6 is 22.9 Å². The van der Waals surface area contributed by atoms with Crippen molar-refractivity contribution in [3.63, 3.8) is 0 Å². The van der Waals surface area contributed by atoms with Crippen LogP contribution in [0.1, 0.15) is 38.4 Å². The second kappa shape index (κ2) is 7.92. The van der Waals surface area contributed by atoms with Crippen LogP contribution < -0.4 is 0 Å². The molecule has 0 radical (unpaired) electrons. The molecule has 0 N–H and O–H groups in total. The minimum atomic E-state index is 0.481. The summed E-state index contributed by atoms with van der Waals surface area (Å²) in [5.74, 6) is 0.481. The average molecular weight is 323 g/mol. The smallest absolute Gasteiger partial charge is 0.123 e. The van der Waals surface area contributed by atoms with Crippen molar-refractivity contribution in [2.45, 2.75) is 45.7 Å². The molecule has 0 amide bonds. The lowest BCUT2D eigenvalue weighted by atomic mass is 10.1. The maximum atomic E-state index is 5.81. The first-order chi connectivity index (χ1) is 10.2. The van der Waals surface area contributed by atoms with Crippen molar-refractivity contribution in [2.24, 2.45) is 0 Å². The zero-order chi connectivity index (χ0) is 15.2. The van der Waals surface area contributed by atoms with Crippen molar-refractivity contribution in [1.29, 1.82) is 0 Å². The first kappa shape index (κ1) is 16.5. The predicted octanol–water partition coefficient (Wildman–Crippen LogP) is 5.17. The van der Waals surface area contributed by atoms with Crippen molar-refractivity contribution in [3.05, 3.63) is 40.9 Å². The van der Waals surface area contributed by atoms with Crippen LogP contribution in [0.5, 0.6) is 0 Å². The van der Waals surface area contributed by atoms with Crippen molar-refractivity contribution in [2.75, 3.05) is 6.54 Å². The fourth-order valence-corrected chi connectivity index (χ4v) is 3.38. The molecule has 114 valence electrons. The summed E-state index contributed by atoms with van der Waals surface area (Å²) in [6.07, 6.45) is 1.19. The van der Waals surface area contributed by atoms with E-state index in [1.54, 1.807) is 11.3 Å². The van der Waals surface area contributed by atoms with Crippen LogP contribution in [0.15, 0.2) is 29.6 Å². The summed E-state index contributed by atoms with van der Waals surface area (Å²) in [6.45, 7) is 8.86. The number of hydrogen-bond donors (Lipinski definition) is 0. The van der Waals surface area contributed by atoms with Gasteiger partial charge in [-0.05, 0) is 25.5 Å². The fourth-order valence-electron chi connectivity index (χ4n) is 2.33. The van der Waals surface area contributed by atoms with Gasteiger partial charge in [-0.3, -0.25) is 4.90 Å². The molecular formula is C17H23ClN2S. The van der Waals surface area contributed by atoms with E-state index < -0.39 is 0 Å². The normalized spacial score (nSPS) is 12.8. The number of rotatable bonds is 7. The Morgan fingerprint density at radius 2 is 1.95 bits per heavy atom. The van der Waals surface area contributed by atoms with E-state index in [0.717, 1.165) is 23.8 Å². The van der Waals surface area contributed by atoms with E-state index in [4.69, 9.17) is 11.6 Å². The van der Waals surface area contributed by atoms with Crippen LogP contribution in [-0.2, 0) is 12.4 Å². The largest absolute Gasteiger partial charge is 0.297 e. The second-order valence-electron chi connectivity index (χ2n) is 5.29. The van der Waals surface area contributed by atoms with Gasteiger partial charge in [0.1, 0.15) is 5.01 Å². The van der Waals surface area contributed by atoms with E-state index in [0.29, 0.717) is 11.9 Å². The maximum Gasteiger partial charge on any atom is 0.123 e. The lowest BCUT2D eigenvalue weighted by Crippen LogP contribution is -2.31. The molecule has 1 aromatic carbocycles. The zero-order valence-electron chi connectivity index (χ0n) is 13.0. The highest BCUT2D eigenvalue weighted by molar-refractivity contribution is 7.13. The molecule has 0 saturated carbocycles. The third kappa shape index (κ3) is 4.29. The van der Waals surface area contributed by atoms with Crippen LogP contribution in [-0.4, -0.2) is 22.5 Å². The minimum absolute atomic E-state index is 0.481. The van der Waals surface area contributed by atoms with Crippen LogP contribution in [0.25, 0.3) is 10.6 Å². The number of halogens is 1. The van der Waals surface area contributed by atoms with Crippen molar-refractivity contribution < 1.29 is 0 Å². The highest BCUT2D eigenvalue weighted by Gasteiger charge is 2.11. The summed E-state index contributed by atoms with van der Waals surface area (Å²) in [6, 6.07) is 9.37. The molecule has 0 fully saturated rings.